The Hall–Kier alpha value is -1.10. The lowest BCUT2D eigenvalue weighted by Gasteiger charge is -2.14. The fourth-order valence-electron chi connectivity index (χ4n) is 2.15. The van der Waals surface area contributed by atoms with Crippen molar-refractivity contribution in [3.8, 4) is 0 Å². The molecule has 5 heteroatoms. The van der Waals surface area contributed by atoms with E-state index in [4.69, 9.17) is 10.2 Å². The van der Waals surface area contributed by atoms with Crippen LogP contribution in [0.2, 0.25) is 0 Å². The zero-order chi connectivity index (χ0) is 10.7. The van der Waals surface area contributed by atoms with Crippen molar-refractivity contribution < 1.29 is 4.42 Å². The van der Waals surface area contributed by atoms with Gasteiger partial charge in [-0.3, -0.25) is 0 Å². The summed E-state index contributed by atoms with van der Waals surface area (Å²) in [6, 6.07) is 0.495. The maximum absolute atomic E-state index is 5.38. The van der Waals surface area contributed by atoms with Crippen molar-refractivity contribution in [3.63, 3.8) is 0 Å². The number of hydrogen-bond acceptors (Lipinski definition) is 5. The lowest BCUT2D eigenvalue weighted by atomic mass is 9.98. The summed E-state index contributed by atoms with van der Waals surface area (Å²) in [6.45, 7) is 3.53. The van der Waals surface area contributed by atoms with Gasteiger partial charge in [-0.15, -0.1) is 5.10 Å². The molecule has 0 saturated heterocycles. The Morgan fingerprint density at radius 1 is 1.47 bits per heavy atom. The topological polar surface area (TPSA) is 77.0 Å². The molecule has 1 aromatic heterocycles. The Morgan fingerprint density at radius 3 is 2.93 bits per heavy atom. The molecule has 1 saturated carbocycles. The van der Waals surface area contributed by atoms with E-state index in [1.54, 1.807) is 0 Å². The summed E-state index contributed by atoms with van der Waals surface area (Å²) in [7, 11) is 0. The fourth-order valence-corrected chi connectivity index (χ4v) is 2.15. The molecule has 0 aliphatic heterocycles. The van der Waals surface area contributed by atoms with Crippen molar-refractivity contribution in [3.05, 3.63) is 5.89 Å². The maximum atomic E-state index is 5.38. The van der Waals surface area contributed by atoms with Crippen LogP contribution >= 0.6 is 0 Å². The van der Waals surface area contributed by atoms with Gasteiger partial charge in [0, 0.05) is 6.54 Å². The van der Waals surface area contributed by atoms with Gasteiger partial charge in [0.1, 0.15) is 0 Å². The first-order valence-corrected chi connectivity index (χ1v) is 5.56. The summed E-state index contributed by atoms with van der Waals surface area (Å²) < 4.78 is 5.27. The van der Waals surface area contributed by atoms with Gasteiger partial charge in [-0.05, 0) is 18.3 Å². The van der Waals surface area contributed by atoms with Crippen LogP contribution in [0.1, 0.15) is 32.1 Å². The number of aromatic nitrogens is 2. The molecule has 2 rings (SSSR count). The number of anilines is 1. The Labute approximate surface area is 89.4 Å². The van der Waals surface area contributed by atoms with Gasteiger partial charge in [0.05, 0.1) is 6.54 Å². The number of nitrogens with one attached hydrogen (secondary N) is 1. The van der Waals surface area contributed by atoms with Crippen molar-refractivity contribution in [1.29, 1.82) is 0 Å². The number of hydrogen-bond donors (Lipinski definition) is 2. The predicted octanol–water partition coefficient (Wildman–Crippen LogP) is 1.38. The molecule has 0 aromatic carbocycles. The molecule has 1 heterocycles. The Morgan fingerprint density at radius 2 is 2.33 bits per heavy atom. The molecule has 2 atom stereocenters. The van der Waals surface area contributed by atoms with Crippen molar-refractivity contribution in [1.82, 2.24) is 10.2 Å². The summed E-state index contributed by atoms with van der Waals surface area (Å²) in [5.74, 6) is 2.02. The van der Waals surface area contributed by atoms with Crippen molar-refractivity contribution in [2.75, 3.05) is 11.9 Å². The van der Waals surface area contributed by atoms with Crippen LogP contribution in [-0.4, -0.2) is 16.7 Å². The first-order valence-electron chi connectivity index (χ1n) is 5.56. The zero-order valence-corrected chi connectivity index (χ0v) is 9.07. The molecular formula is C10H18N4O. The average Bonchev–Trinajstić information content (AvgIpc) is 2.84. The van der Waals surface area contributed by atoms with E-state index in [0.29, 0.717) is 18.5 Å². The summed E-state index contributed by atoms with van der Waals surface area (Å²) in [5.41, 5.74) is 5.38. The van der Waals surface area contributed by atoms with Crippen molar-refractivity contribution in [2.45, 2.75) is 32.7 Å². The molecule has 5 nitrogen and oxygen atoms in total. The third kappa shape index (κ3) is 2.47. The second-order valence-corrected chi connectivity index (χ2v) is 4.25. The highest BCUT2D eigenvalue weighted by Crippen LogP contribution is 2.31. The highest BCUT2D eigenvalue weighted by molar-refractivity contribution is 5.17. The molecule has 1 aliphatic rings. The van der Waals surface area contributed by atoms with Gasteiger partial charge in [-0.1, -0.05) is 24.9 Å². The quantitative estimate of drug-likeness (QED) is 0.785. The summed E-state index contributed by atoms with van der Waals surface area (Å²) >= 11 is 0. The molecule has 0 spiro atoms. The molecule has 1 fully saturated rings. The second-order valence-electron chi connectivity index (χ2n) is 4.25. The number of nitrogens with zero attached hydrogens (tertiary/aromatic N) is 2. The maximum Gasteiger partial charge on any atom is 0.315 e. The minimum Gasteiger partial charge on any atom is -0.407 e. The average molecular weight is 210 g/mol. The number of nitrogens with two attached hydrogens (primary N) is 1. The Balaban J connectivity index is 1.82. The molecule has 1 aliphatic carbocycles. The SMILES string of the molecule is CC1CCCC1CNc1nnc(CN)o1. The third-order valence-electron chi connectivity index (χ3n) is 3.20. The Bertz CT molecular complexity index is 312. The van der Waals surface area contributed by atoms with E-state index < -0.39 is 0 Å². The van der Waals surface area contributed by atoms with Crippen molar-refractivity contribution in [2.24, 2.45) is 17.6 Å². The van der Waals surface area contributed by atoms with Gasteiger partial charge < -0.3 is 15.5 Å². The lowest BCUT2D eigenvalue weighted by molar-refractivity contribution is 0.430. The zero-order valence-electron chi connectivity index (χ0n) is 9.07. The van der Waals surface area contributed by atoms with Crippen LogP contribution in [0.3, 0.4) is 0 Å². The van der Waals surface area contributed by atoms with Gasteiger partial charge in [0.2, 0.25) is 5.89 Å². The van der Waals surface area contributed by atoms with E-state index in [0.717, 1.165) is 18.4 Å². The molecular weight excluding hydrogens is 192 g/mol. The van der Waals surface area contributed by atoms with Gasteiger partial charge in [-0.2, -0.15) is 0 Å². The van der Waals surface area contributed by atoms with Crippen LogP contribution in [0.15, 0.2) is 4.42 Å². The van der Waals surface area contributed by atoms with Crippen LogP contribution in [-0.2, 0) is 6.54 Å². The van der Waals surface area contributed by atoms with Gasteiger partial charge in [0.15, 0.2) is 0 Å². The van der Waals surface area contributed by atoms with Crippen LogP contribution in [0, 0.1) is 11.8 Å². The third-order valence-corrected chi connectivity index (χ3v) is 3.20. The van der Waals surface area contributed by atoms with E-state index in [9.17, 15) is 0 Å². The van der Waals surface area contributed by atoms with Crippen molar-refractivity contribution >= 4 is 6.01 Å². The van der Waals surface area contributed by atoms with Crippen LogP contribution in [0.25, 0.3) is 0 Å². The monoisotopic (exact) mass is 210 g/mol. The van der Waals surface area contributed by atoms with E-state index in [2.05, 4.69) is 22.4 Å². The van der Waals surface area contributed by atoms with Gasteiger partial charge in [-0.25, -0.2) is 0 Å². The first-order chi connectivity index (χ1) is 7.29. The largest absolute Gasteiger partial charge is 0.407 e. The molecule has 0 amide bonds. The molecule has 15 heavy (non-hydrogen) atoms. The van der Waals surface area contributed by atoms with E-state index >= 15 is 0 Å². The van der Waals surface area contributed by atoms with E-state index in [1.807, 2.05) is 0 Å². The molecule has 1 aromatic rings. The molecule has 3 N–H and O–H groups in total. The minimum atomic E-state index is 0.300. The predicted molar refractivity (Wildman–Crippen MR) is 57.2 cm³/mol. The van der Waals surface area contributed by atoms with Crippen LogP contribution in [0.4, 0.5) is 6.01 Å². The number of rotatable bonds is 4. The van der Waals surface area contributed by atoms with E-state index in [1.165, 1.54) is 19.3 Å². The lowest BCUT2D eigenvalue weighted by Crippen LogP contribution is -2.16. The normalized spacial score (nSPS) is 25.7. The highest BCUT2D eigenvalue weighted by Gasteiger charge is 2.23. The Kier molecular flexibility index (Phi) is 3.20. The summed E-state index contributed by atoms with van der Waals surface area (Å²) in [5, 5.41) is 10.8. The second kappa shape index (κ2) is 4.61. The first kappa shape index (κ1) is 10.4. The standard InChI is InChI=1S/C10H18N4O/c1-7-3-2-4-8(7)6-12-10-14-13-9(5-11)15-10/h7-8H,2-6,11H2,1H3,(H,12,14). The molecule has 84 valence electrons. The molecule has 0 radical (unpaired) electrons. The molecule has 0 bridgehead atoms. The van der Waals surface area contributed by atoms with E-state index in [-0.39, 0.29) is 0 Å². The van der Waals surface area contributed by atoms with Crippen LogP contribution in [0.5, 0.6) is 0 Å². The van der Waals surface area contributed by atoms with Gasteiger partial charge >= 0.3 is 6.01 Å². The fraction of sp³-hybridized carbons (Fsp3) is 0.800. The summed E-state index contributed by atoms with van der Waals surface area (Å²) in [4.78, 5) is 0. The smallest absolute Gasteiger partial charge is 0.315 e. The minimum absolute atomic E-state index is 0.300. The van der Waals surface area contributed by atoms with Crippen LogP contribution < -0.4 is 11.1 Å². The van der Waals surface area contributed by atoms with Gasteiger partial charge in [0.25, 0.3) is 0 Å². The summed E-state index contributed by atoms with van der Waals surface area (Å²) in [6.07, 6.45) is 3.97. The highest BCUT2D eigenvalue weighted by atomic mass is 16.4. The molecule has 2 unspecified atom stereocenters.